The van der Waals surface area contributed by atoms with E-state index in [-0.39, 0.29) is 45.9 Å². The predicted octanol–water partition coefficient (Wildman–Crippen LogP) is 8.05. The molecule has 240 valence electrons. The average Bonchev–Trinajstić information content (AvgIpc) is 3.10. The van der Waals surface area contributed by atoms with E-state index in [9.17, 15) is 4.79 Å². The van der Waals surface area contributed by atoms with Gasteiger partial charge in [-0.1, -0.05) is 34.6 Å². The van der Waals surface area contributed by atoms with Crippen LogP contribution >= 0.6 is 0 Å². The van der Waals surface area contributed by atoms with Crippen molar-refractivity contribution in [1.29, 1.82) is 0 Å². The Balaban J connectivity index is 1.44. The summed E-state index contributed by atoms with van der Waals surface area (Å²) in [4.78, 5) is 16.6. The first-order valence-corrected chi connectivity index (χ1v) is 24.0. The second-order valence-corrected chi connectivity index (χ2v) is 27.4. The molecule has 0 aromatic carbocycles. The number of rotatable bonds is 4. The van der Waals surface area contributed by atoms with E-state index in [1.807, 2.05) is 0 Å². The van der Waals surface area contributed by atoms with Gasteiger partial charge in [-0.2, -0.15) is 0 Å². The fourth-order valence-corrected chi connectivity index (χ4v) is 13.6. The zero-order valence-corrected chi connectivity index (χ0v) is 30.8. The van der Waals surface area contributed by atoms with Gasteiger partial charge in [0.25, 0.3) is 0 Å². The Morgan fingerprint density at radius 2 is 1.60 bits per heavy atom. The summed E-state index contributed by atoms with van der Waals surface area (Å²) in [5, 5.41) is 0. The zero-order chi connectivity index (χ0) is 31.2. The summed E-state index contributed by atoms with van der Waals surface area (Å²) in [7, 11) is -3.81. The lowest BCUT2D eigenvalue weighted by Crippen LogP contribution is -2.82. The first-order valence-electron chi connectivity index (χ1n) is 17.2. The van der Waals surface area contributed by atoms with Gasteiger partial charge < -0.3 is 18.3 Å². The Bertz CT molecular complexity index is 1290. The molecule has 8 heteroatoms. The van der Waals surface area contributed by atoms with Crippen molar-refractivity contribution in [2.24, 2.45) is 45.8 Å². The van der Waals surface area contributed by atoms with E-state index in [0.717, 1.165) is 56.6 Å². The van der Waals surface area contributed by atoms with Crippen LogP contribution in [0.1, 0.15) is 79.6 Å². The van der Waals surface area contributed by atoms with Crippen molar-refractivity contribution in [3.05, 3.63) is 23.7 Å². The van der Waals surface area contributed by atoms with E-state index >= 15 is 0 Å². The molecule has 7 aliphatic rings. The van der Waals surface area contributed by atoms with Crippen molar-refractivity contribution >= 4 is 22.6 Å². The highest BCUT2D eigenvalue weighted by molar-refractivity contribution is 6.70. The van der Waals surface area contributed by atoms with E-state index in [4.69, 9.17) is 18.3 Å². The molecular formula is C35H57NO5Si2. The molecule has 0 amide bonds. The molecule has 4 heterocycles. The number of fused-ring (bicyclic) bond motifs is 5. The average molecular weight is 628 g/mol. The minimum atomic E-state index is -1.97. The maximum atomic E-state index is 14.0. The van der Waals surface area contributed by atoms with Crippen LogP contribution < -0.4 is 0 Å². The Hall–Kier alpha value is -1.10. The van der Waals surface area contributed by atoms with Crippen molar-refractivity contribution in [2.75, 3.05) is 6.54 Å². The van der Waals surface area contributed by atoms with Gasteiger partial charge in [0, 0.05) is 30.2 Å². The van der Waals surface area contributed by atoms with Crippen LogP contribution in [-0.2, 0) is 23.1 Å². The first-order chi connectivity index (χ1) is 19.7. The van der Waals surface area contributed by atoms with Gasteiger partial charge in [0.05, 0.1) is 24.0 Å². The molecule has 11 atom stereocenters. The van der Waals surface area contributed by atoms with E-state index in [1.54, 1.807) is 0 Å². The summed E-state index contributed by atoms with van der Waals surface area (Å²) >= 11 is 0. The molecule has 0 aromatic heterocycles. The molecule has 1 spiro atoms. The Morgan fingerprint density at radius 3 is 2.28 bits per heavy atom. The number of nitrogens with zero attached hydrogens (tertiary/aromatic N) is 1. The third-order valence-electron chi connectivity index (χ3n) is 13.0. The summed E-state index contributed by atoms with van der Waals surface area (Å²) in [6.07, 6.45) is 11.6. The summed E-state index contributed by atoms with van der Waals surface area (Å²) in [6.45, 7) is 26.9. The van der Waals surface area contributed by atoms with Gasteiger partial charge in [-0.3, -0.25) is 4.79 Å². The predicted molar refractivity (Wildman–Crippen MR) is 174 cm³/mol. The number of allylic oxidation sites excluding steroid dienone is 3. The molecule has 4 aliphatic heterocycles. The molecule has 1 saturated carbocycles. The van der Waals surface area contributed by atoms with Gasteiger partial charge in [0.1, 0.15) is 5.72 Å². The van der Waals surface area contributed by atoms with Gasteiger partial charge in [-0.15, -0.1) is 0 Å². The van der Waals surface area contributed by atoms with Crippen LogP contribution in [0.2, 0.25) is 39.3 Å². The van der Waals surface area contributed by atoms with E-state index in [2.05, 4.69) is 91.0 Å². The van der Waals surface area contributed by atoms with Crippen LogP contribution in [0.4, 0.5) is 0 Å². The lowest BCUT2D eigenvalue weighted by Gasteiger charge is -2.76. The Kier molecular flexibility index (Phi) is 6.42. The second kappa shape index (κ2) is 9.04. The molecule has 4 bridgehead atoms. The molecule has 7 rings (SSSR count). The monoisotopic (exact) mass is 627 g/mol. The molecule has 43 heavy (non-hydrogen) atoms. The number of carbonyl (C=O) groups excluding carboxylic acids is 1. The van der Waals surface area contributed by atoms with Crippen molar-refractivity contribution in [2.45, 2.75) is 136 Å². The van der Waals surface area contributed by atoms with Gasteiger partial charge in [-0.25, -0.2) is 4.90 Å². The molecular weight excluding hydrogens is 571 g/mol. The van der Waals surface area contributed by atoms with Crippen LogP contribution in [0, 0.1) is 45.8 Å². The van der Waals surface area contributed by atoms with Crippen LogP contribution in [0.15, 0.2) is 23.7 Å². The van der Waals surface area contributed by atoms with Crippen molar-refractivity contribution < 1.29 is 23.1 Å². The minimum absolute atomic E-state index is 0.0392. The highest BCUT2D eigenvalue weighted by atomic mass is 28.4. The van der Waals surface area contributed by atoms with Crippen molar-refractivity contribution in [3.8, 4) is 0 Å². The number of hydrogen-bond acceptors (Lipinski definition) is 6. The number of ether oxygens (including phenoxy) is 2. The quantitative estimate of drug-likeness (QED) is 0.232. The third kappa shape index (κ3) is 4.17. The van der Waals surface area contributed by atoms with Crippen LogP contribution in [0.5, 0.6) is 0 Å². The van der Waals surface area contributed by atoms with Gasteiger partial charge in [0.15, 0.2) is 5.72 Å². The maximum Gasteiger partial charge on any atom is 0.308 e. The SMILES string of the molecule is C[C@H]1C[C@@H]2CN3[C@](CC[C@@]4(C)[C@@]5(C)CC(=O)O[C@@]34C[C@@]3(C)[C@@H]4C[C@@H](C)C=C(O[Si](C)(C)C)[C@H]4C=C(O[Si](C)(C)C)[C@@H]35)(C1)O2. The normalized spacial score (nSPS) is 50.7. The molecule has 4 saturated heterocycles. The smallest absolute Gasteiger partial charge is 0.308 e. The lowest BCUT2D eigenvalue weighted by atomic mass is 9.35. The first kappa shape index (κ1) is 30.6. The highest BCUT2D eigenvalue weighted by Gasteiger charge is 2.82. The standard InChI is InChI=1S/C35H57NO5Si2/c1-22-15-26-25(27(16-22)40-42(6,7)8)17-28(41-43(9,10)11)30-31(26,3)21-35-33(5,32(30,4)19-29(37)39-35)12-13-34-18-23(2)14-24(38-34)20-36(34)35/h16-17,22-26,30H,12-15,18-21H2,1-11H3/t22-,23+,24-,25+,26-,30+,31+,32+,33+,34+,35-/m1/s1. The fraction of sp³-hybridized carbons (Fsp3) is 0.857. The molecule has 3 aliphatic carbocycles. The number of piperidine rings is 1. The van der Waals surface area contributed by atoms with Gasteiger partial charge >= 0.3 is 5.97 Å². The Labute approximate surface area is 262 Å². The van der Waals surface area contributed by atoms with E-state index in [1.165, 1.54) is 0 Å². The van der Waals surface area contributed by atoms with Gasteiger partial charge in [-0.05, 0) is 112 Å². The topological polar surface area (TPSA) is 57.2 Å². The van der Waals surface area contributed by atoms with E-state index < -0.39 is 22.4 Å². The fourth-order valence-electron chi connectivity index (χ4n) is 11.8. The third-order valence-corrected chi connectivity index (χ3v) is 14.7. The molecule has 0 N–H and O–H groups in total. The zero-order valence-electron chi connectivity index (χ0n) is 28.8. The number of hydrogen-bond donors (Lipinski definition) is 0. The summed E-state index contributed by atoms with van der Waals surface area (Å²) < 4.78 is 28.0. The summed E-state index contributed by atoms with van der Waals surface area (Å²) in [5.41, 5.74) is -1.66. The van der Waals surface area contributed by atoms with Gasteiger partial charge in [0.2, 0.25) is 16.6 Å². The van der Waals surface area contributed by atoms with Crippen molar-refractivity contribution in [1.82, 2.24) is 4.90 Å². The summed E-state index contributed by atoms with van der Waals surface area (Å²) in [5.74, 6) is 4.03. The lowest BCUT2D eigenvalue weighted by molar-refractivity contribution is -0.381. The van der Waals surface area contributed by atoms with E-state index in [0.29, 0.717) is 24.2 Å². The highest BCUT2D eigenvalue weighted by Crippen LogP contribution is 2.78. The molecule has 6 nitrogen and oxygen atoms in total. The van der Waals surface area contributed by atoms with Crippen LogP contribution in [-0.4, -0.2) is 51.6 Å². The van der Waals surface area contributed by atoms with Crippen LogP contribution in [0.3, 0.4) is 0 Å². The molecule has 0 aromatic rings. The number of esters is 1. The molecule has 0 unspecified atom stereocenters. The van der Waals surface area contributed by atoms with Crippen LogP contribution in [0.25, 0.3) is 0 Å². The maximum absolute atomic E-state index is 14.0. The van der Waals surface area contributed by atoms with Crippen molar-refractivity contribution in [3.63, 3.8) is 0 Å². The minimum Gasteiger partial charge on any atom is -0.547 e. The Morgan fingerprint density at radius 1 is 0.930 bits per heavy atom. The molecule has 5 fully saturated rings. The largest absolute Gasteiger partial charge is 0.547 e. The number of carbonyl (C=O) groups is 1. The molecule has 0 radical (unpaired) electrons. The second-order valence-electron chi connectivity index (χ2n) is 18.6. The summed E-state index contributed by atoms with van der Waals surface area (Å²) in [6, 6.07) is 0.